The summed E-state index contributed by atoms with van der Waals surface area (Å²) in [6.45, 7) is 3.80. The molecule has 0 bridgehead atoms. The molecule has 2 aromatic rings. The highest BCUT2D eigenvalue weighted by atomic mass is 32.1. The number of para-hydroxylation sites is 2. The van der Waals surface area contributed by atoms with Gasteiger partial charge in [-0.3, -0.25) is 4.79 Å². The van der Waals surface area contributed by atoms with Crippen molar-refractivity contribution >= 4 is 45.9 Å². The lowest BCUT2D eigenvalue weighted by molar-refractivity contribution is -0.120. The van der Waals surface area contributed by atoms with E-state index < -0.39 is 5.92 Å². The fourth-order valence-electron chi connectivity index (χ4n) is 3.44. The van der Waals surface area contributed by atoms with E-state index in [2.05, 4.69) is 10.2 Å². The number of thiocarbonyl (C=S) groups is 1. The van der Waals surface area contributed by atoms with E-state index in [1.54, 1.807) is 5.01 Å². The minimum atomic E-state index is -0.417. The third-order valence-electron chi connectivity index (χ3n) is 4.70. The van der Waals surface area contributed by atoms with Crippen LogP contribution >= 0.6 is 12.2 Å². The number of anilines is 2. The molecule has 0 aromatic heterocycles. The molecule has 2 atom stereocenters. The van der Waals surface area contributed by atoms with Gasteiger partial charge in [-0.1, -0.05) is 48.6 Å². The van der Waals surface area contributed by atoms with Crippen molar-refractivity contribution in [3.8, 4) is 0 Å². The summed E-state index contributed by atoms with van der Waals surface area (Å²) >= 11 is 5.70. The minimum absolute atomic E-state index is 0.0643. The number of carbonyl (C=O) groups excluding carboxylic acids is 1. The Labute approximate surface area is 157 Å². The Kier molecular flexibility index (Phi) is 4.12. The summed E-state index contributed by atoms with van der Waals surface area (Å²) in [5.41, 5.74) is 3.26. The number of benzene rings is 2. The van der Waals surface area contributed by atoms with Gasteiger partial charge in [-0.05, 0) is 38.1 Å². The van der Waals surface area contributed by atoms with E-state index in [1.807, 2.05) is 74.5 Å². The monoisotopic (exact) mass is 362 g/mol. The quantitative estimate of drug-likeness (QED) is 0.779. The molecule has 4 rings (SSSR count). The number of amides is 1. The van der Waals surface area contributed by atoms with Crippen LogP contribution in [0.2, 0.25) is 0 Å². The van der Waals surface area contributed by atoms with Crippen LogP contribution in [0.3, 0.4) is 0 Å². The van der Waals surface area contributed by atoms with Crippen molar-refractivity contribution in [3.63, 3.8) is 0 Å². The van der Waals surface area contributed by atoms with Gasteiger partial charge in [-0.2, -0.15) is 10.2 Å². The second-order valence-electron chi connectivity index (χ2n) is 6.41. The van der Waals surface area contributed by atoms with Crippen molar-refractivity contribution < 1.29 is 4.79 Å². The van der Waals surface area contributed by atoms with Gasteiger partial charge in [-0.25, -0.2) is 10.0 Å². The van der Waals surface area contributed by atoms with Crippen molar-refractivity contribution in [1.82, 2.24) is 0 Å². The molecule has 1 amide bonds. The average Bonchev–Trinajstić information content (AvgIpc) is 3.12. The Hall–Kier alpha value is -2.86. The third kappa shape index (κ3) is 2.63. The lowest BCUT2D eigenvalue weighted by atomic mass is 9.85. The van der Waals surface area contributed by atoms with E-state index in [4.69, 9.17) is 12.2 Å². The Bertz CT molecular complexity index is 846. The fourth-order valence-corrected chi connectivity index (χ4v) is 3.89. The molecule has 2 aromatic carbocycles. The number of rotatable bonds is 3. The fraction of sp³-hybridized carbons (Fsp3) is 0.200. The zero-order valence-electron chi connectivity index (χ0n) is 14.5. The number of hydrazone groups is 2. The molecule has 0 radical (unpaired) electrons. The van der Waals surface area contributed by atoms with Crippen molar-refractivity contribution in [2.45, 2.75) is 13.8 Å². The maximum atomic E-state index is 13.1. The molecule has 2 unspecified atom stereocenters. The van der Waals surface area contributed by atoms with E-state index in [0.717, 1.165) is 22.8 Å². The number of hydrogen-bond acceptors (Lipinski definition) is 4. The largest absolute Gasteiger partial charge is 0.272 e. The van der Waals surface area contributed by atoms with E-state index in [9.17, 15) is 4.79 Å². The highest BCUT2D eigenvalue weighted by Gasteiger charge is 2.46. The maximum absolute atomic E-state index is 13.1. The van der Waals surface area contributed by atoms with Crippen LogP contribution in [0.15, 0.2) is 70.9 Å². The van der Waals surface area contributed by atoms with Crippen molar-refractivity contribution in [2.24, 2.45) is 22.0 Å². The molecule has 2 heterocycles. The second kappa shape index (κ2) is 6.46. The van der Waals surface area contributed by atoms with Crippen LogP contribution in [0.1, 0.15) is 13.8 Å². The predicted octanol–water partition coefficient (Wildman–Crippen LogP) is 3.87. The molecular weight excluding hydrogens is 344 g/mol. The third-order valence-corrected chi connectivity index (χ3v) is 5.13. The highest BCUT2D eigenvalue weighted by molar-refractivity contribution is 7.80. The summed E-state index contributed by atoms with van der Waals surface area (Å²) < 4.78 is 0. The van der Waals surface area contributed by atoms with E-state index >= 15 is 0 Å². The molecule has 0 N–H and O–H groups in total. The molecule has 0 saturated carbocycles. The van der Waals surface area contributed by atoms with Gasteiger partial charge < -0.3 is 0 Å². The first-order chi connectivity index (χ1) is 12.6. The Morgan fingerprint density at radius 2 is 1.23 bits per heavy atom. The van der Waals surface area contributed by atoms with Gasteiger partial charge in [0.05, 0.1) is 23.2 Å². The lowest BCUT2D eigenvalue weighted by Gasteiger charge is -2.21. The van der Waals surface area contributed by atoms with Crippen molar-refractivity contribution in [2.75, 3.05) is 10.0 Å². The van der Waals surface area contributed by atoms with Crippen LogP contribution in [0.25, 0.3) is 0 Å². The molecule has 0 spiro atoms. The van der Waals surface area contributed by atoms with Crippen LogP contribution in [-0.4, -0.2) is 22.3 Å². The van der Waals surface area contributed by atoms with Crippen LogP contribution in [0.4, 0.5) is 11.4 Å². The smallest absolute Gasteiger partial charge is 0.257 e. The average molecular weight is 362 g/mol. The zero-order chi connectivity index (χ0) is 18.3. The van der Waals surface area contributed by atoms with Gasteiger partial charge in [0.25, 0.3) is 5.91 Å². The molecule has 130 valence electrons. The van der Waals surface area contributed by atoms with Gasteiger partial charge >= 0.3 is 0 Å². The number of nitrogens with zero attached hydrogens (tertiary/aromatic N) is 4. The van der Waals surface area contributed by atoms with Gasteiger partial charge in [0.15, 0.2) is 0 Å². The van der Waals surface area contributed by atoms with Crippen LogP contribution < -0.4 is 10.0 Å². The normalized spacial score (nSPS) is 22.7. The van der Waals surface area contributed by atoms with Crippen molar-refractivity contribution in [1.29, 1.82) is 0 Å². The minimum Gasteiger partial charge on any atom is -0.272 e. The summed E-state index contributed by atoms with van der Waals surface area (Å²) in [6, 6.07) is 19.2. The Balaban J connectivity index is 1.64. The molecule has 26 heavy (non-hydrogen) atoms. The summed E-state index contributed by atoms with van der Waals surface area (Å²) in [4.78, 5) is 13.8. The maximum Gasteiger partial charge on any atom is 0.257 e. The van der Waals surface area contributed by atoms with E-state index in [1.165, 1.54) is 5.01 Å². The van der Waals surface area contributed by atoms with Gasteiger partial charge in [0.1, 0.15) is 4.99 Å². The summed E-state index contributed by atoms with van der Waals surface area (Å²) in [5.74, 6) is -0.735. The van der Waals surface area contributed by atoms with Gasteiger partial charge in [0, 0.05) is 11.4 Å². The molecular formula is C20H18N4OS. The second-order valence-corrected chi connectivity index (χ2v) is 6.83. The van der Waals surface area contributed by atoms with Crippen LogP contribution in [0.5, 0.6) is 0 Å². The highest BCUT2D eigenvalue weighted by Crippen LogP contribution is 2.35. The zero-order valence-corrected chi connectivity index (χ0v) is 15.4. The topological polar surface area (TPSA) is 48.3 Å². The van der Waals surface area contributed by atoms with E-state index in [0.29, 0.717) is 4.99 Å². The predicted molar refractivity (Wildman–Crippen MR) is 109 cm³/mol. The lowest BCUT2D eigenvalue weighted by Crippen LogP contribution is -2.39. The van der Waals surface area contributed by atoms with Crippen LogP contribution in [0, 0.1) is 11.8 Å². The standard InChI is InChI=1S/C20H18N4OS/c1-13-17(19(25)23(21-13)15-9-5-3-6-10-15)18-14(2)22-24(20(18)26)16-11-7-4-8-12-16/h3-12,17-18H,1-2H3. The first kappa shape index (κ1) is 16.6. The molecule has 2 aliphatic heterocycles. The first-order valence-corrected chi connectivity index (χ1v) is 8.87. The number of hydrogen-bond donors (Lipinski definition) is 0. The molecule has 5 nitrogen and oxygen atoms in total. The van der Waals surface area contributed by atoms with Gasteiger partial charge in [-0.15, -0.1) is 0 Å². The SMILES string of the molecule is CC1=NN(c2ccccc2)C(=O)C1C1C(=S)N(c2ccccc2)N=C1C. The molecule has 6 heteroatoms. The van der Waals surface area contributed by atoms with E-state index in [-0.39, 0.29) is 11.8 Å². The Morgan fingerprint density at radius 3 is 1.81 bits per heavy atom. The number of carbonyl (C=O) groups is 1. The van der Waals surface area contributed by atoms with Crippen molar-refractivity contribution in [3.05, 3.63) is 60.7 Å². The molecule has 0 fully saturated rings. The first-order valence-electron chi connectivity index (χ1n) is 8.46. The van der Waals surface area contributed by atoms with Crippen LogP contribution in [-0.2, 0) is 4.79 Å². The Morgan fingerprint density at radius 1 is 0.769 bits per heavy atom. The van der Waals surface area contributed by atoms with Gasteiger partial charge in [0.2, 0.25) is 0 Å². The molecule has 2 aliphatic rings. The molecule has 0 aliphatic carbocycles. The summed E-state index contributed by atoms with van der Waals surface area (Å²) in [6.07, 6.45) is 0. The summed E-state index contributed by atoms with van der Waals surface area (Å²) in [5, 5.41) is 12.3. The summed E-state index contributed by atoms with van der Waals surface area (Å²) in [7, 11) is 0. The molecule has 0 saturated heterocycles.